The van der Waals surface area contributed by atoms with E-state index in [1.54, 1.807) is 10.9 Å². The molecule has 0 aliphatic heterocycles. The molecule has 162 valence electrons. The summed E-state index contributed by atoms with van der Waals surface area (Å²) in [5.74, 6) is -0.189. The number of carbonyl (C=O) groups is 2. The lowest BCUT2D eigenvalue weighted by Gasteiger charge is -2.38. The van der Waals surface area contributed by atoms with Gasteiger partial charge in [0, 0.05) is 6.54 Å². The second-order valence-electron chi connectivity index (χ2n) is 9.04. The zero-order chi connectivity index (χ0) is 21.8. The van der Waals surface area contributed by atoms with Crippen LogP contribution in [-0.4, -0.2) is 39.5 Å². The van der Waals surface area contributed by atoms with Crippen LogP contribution in [0.25, 0.3) is 5.69 Å². The molecule has 3 rings (SSSR count). The van der Waals surface area contributed by atoms with Crippen molar-refractivity contribution in [3.8, 4) is 5.69 Å². The first-order valence-corrected chi connectivity index (χ1v) is 10.6. The van der Waals surface area contributed by atoms with Gasteiger partial charge in [-0.15, -0.1) is 0 Å². The Morgan fingerprint density at radius 2 is 1.80 bits per heavy atom. The van der Waals surface area contributed by atoms with Gasteiger partial charge < -0.3 is 15.4 Å². The van der Waals surface area contributed by atoms with Gasteiger partial charge in [-0.3, -0.25) is 4.79 Å². The summed E-state index contributed by atoms with van der Waals surface area (Å²) in [6, 6.07) is 9.71. The molecular weight excluding hydrogens is 380 g/mol. The third kappa shape index (κ3) is 5.40. The van der Waals surface area contributed by atoms with Gasteiger partial charge in [-0.1, -0.05) is 37.5 Å². The molecule has 0 radical (unpaired) electrons. The summed E-state index contributed by atoms with van der Waals surface area (Å²) in [6.45, 7) is 7.77. The summed E-state index contributed by atoms with van der Waals surface area (Å²) in [4.78, 5) is 25.3. The SMILES string of the molecule is Cc1c(C(=O)NCC2(NC(=O)OC(C)(C)C)CCCCC2)cnn1-c1ccccc1. The molecule has 1 aliphatic carbocycles. The topological polar surface area (TPSA) is 85.2 Å². The van der Waals surface area contributed by atoms with Crippen LogP contribution >= 0.6 is 0 Å². The van der Waals surface area contributed by atoms with Crippen LogP contribution in [0.4, 0.5) is 4.79 Å². The summed E-state index contributed by atoms with van der Waals surface area (Å²) in [6.07, 6.45) is 5.93. The number of ether oxygens (including phenoxy) is 1. The first-order valence-electron chi connectivity index (χ1n) is 10.6. The molecule has 30 heavy (non-hydrogen) atoms. The van der Waals surface area contributed by atoms with Crippen molar-refractivity contribution in [2.45, 2.75) is 70.9 Å². The summed E-state index contributed by atoms with van der Waals surface area (Å²) >= 11 is 0. The molecule has 2 aromatic rings. The highest BCUT2D eigenvalue weighted by molar-refractivity contribution is 5.95. The monoisotopic (exact) mass is 412 g/mol. The highest BCUT2D eigenvalue weighted by Crippen LogP contribution is 2.28. The number of nitrogens with one attached hydrogen (secondary N) is 2. The Bertz CT molecular complexity index is 878. The molecule has 7 heteroatoms. The molecule has 0 unspecified atom stereocenters. The normalized spacial score (nSPS) is 16.0. The van der Waals surface area contributed by atoms with Crippen molar-refractivity contribution < 1.29 is 14.3 Å². The third-order valence-corrected chi connectivity index (χ3v) is 5.42. The molecule has 0 spiro atoms. The molecule has 7 nitrogen and oxygen atoms in total. The van der Waals surface area contributed by atoms with Crippen molar-refractivity contribution in [1.29, 1.82) is 0 Å². The number of nitrogens with zero attached hydrogens (tertiary/aromatic N) is 2. The van der Waals surface area contributed by atoms with Gasteiger partial charge in [0.25, 0.3) is 5.91 Å². The van der Waals surface area contributed by atoms with E-state index in [9.17, 15) is 9.59 Å². The Morgan fingerprint density at radius 3 is 2.43 bits per heavy atom. The van der Waals surface area contributed by atoms with Gasteiger partial charge >= 0.3 is 6.09 Å². The second-order valence-corrected chi connectivity index (χ2v) is 9.04. The first kappa shape index (κ1) is 21.9. The number of carbonyl (C=O) groups excluding carboxylic acids is 2. The molecule has 1 fully saturated rings. The standard InChI is InChI=1S/C23H32N4O3/c1-17-19(15-25-27(17)18-11-7-5-8-12-18)20(28)24-16-23(13-9-6-10-14-23)26-21(29)30-22(2,3)4/h5,7-8,11-12,15H,6,9-10,13-14,16H2,1-4H3,(H,24,28)(H,26,29). The van der Waals surface area contributed by atoms with Gasteiger partial charge in [-0.05, 0) is 52.7 Å². The van der Waals surface area contributed by atoms with Crippen LogP contribution in [0, 0.1) is 6.92 Å². The van der Waals surface area contributed by atoms with Crippen LogP contribution in [0.3, 0.4) is 0 Å². The van der Waals surface area contributed by atoms with E-state index in [1.165, 1.54) is 0 Å². The van der Waals surface area contributed by atoms with Crippen LogP contribution in [0.15, 0.2) is 36.5 Å². The van der Waals surface area contributed by atoms with Crippen LogP contribution in [0.5, 0.6) is 0 Å². The highest BCUT2D eigenvalue weighted by Gasteiger charge is 2.35. The molecule has 0 atom stereocenters. The molecule has 1 aliphatic rings. The number of hydrogen-bond donors (Lipinski definition) is 2. The average Bonchev–Trinajstić information content (AvgIpc) is 3.07. The van der Waals surface area contributed by atoms with E-state index < -0.39 is 17.2 Å². The minimum absolute atomic E-state index is 0.189. The van der Waals surface area contributed by atoms with E-state index in [-0.39, 0.29) is 5.91 Å². The fourth-order valence-electron chi connectivity index (χ4n) is 3.90. The van der Waals surface area contributed by atoms with Crippen LogP contribution < -0.4 is 10.6 Å². The van der Waals surface area contributed by atoms with Gasteiger partial charge in [-0.2, -0.15) is 5.10 Å². The maximum atomic E-state index is 12.9. The van der Waals surface area contributed by atoms with Crippen molar-refractivity contribution in [1.82, 2.24) is 20.4 Å². The van der Waals surface area contributed by atoms with E-state index in [1.807, 2.05) is 58.0 Å². The Kier molecular flexibility index (Phi) is 6.48. The summed E-state index contributed by atoms with van der Waals surface area (Å²) < 4.78 is 7.21. The van der Waals surface area contributed by atoms with E-state index >= 15 is 0 Å². The lowest BCUT2D eigenvalue weighted by Crippen LogP contribution is -2.57. The molecule has 1 heterocycles. The minimum Gasteiger partial charge on any atom is -0.444 e. The van der Waals surface area contributed by atoms with Crippen molar-refractivity contribution in [2.24, 2.45) is 0 Å². The van der Waals surface area contributed by atoms with Gasteiger partial charge in [0.1, 0.15) is 5.60 Å². The predicted octanol–water partition coefficient (Wildman–Crippen LogP) is 4.14. The lowest BCUT2D eigenvalue weighted by atomic mass is 9.81. The summed E-state index contributed by atoms with van der Waals surface area (Å²) in [5, 5.41) is 10.4. The smallest absolute Gasteiger partial charge is 0.408 e. The molecular formula is C23H32N4O3. The van der Waals surface area contributed by atoms with Gasteiger partial charge in [-0.25, -0.2) is 9.48 Å². The number of para-hydroxylation sites is 1. The molecule has 0 saturated heterocycles. The zero-order valence-corrected chi connectivity index (χ0v) is 18.3. The second kappa shape index (κ2) is 8.90. The summed E-state index contributed by atoms with van der Waals surface area (Å²) in [7, 11) is 0. The zero-order valence-electron chi connectivity index (χ0n) is 18.3. The number of alkyl carbamates (subject to hydrolysis) is 1. The van der Waals surface area contributed by atoms with Gasteiger partial charge in [0.05, 0.1) is 28.7 Å². The average molecular weight is 413 g/mol. The van der Waals surface area contributed by atoms with E-state index in [4.69, 9.17) is 4.74 Å². The Hall–Kier alpha value is -2.83. The number of benzene rings is 1. The van der Waals surface area contributed by atoms with Crippen molar-refractivity contribution in [3.63, 3.8) is 0 Å². The van der Waals surface area contributed by atoms with Crippen LogP contribution in [0.1, 0.15) is 68.9 Å². The van der Waals surface area contributed by atoms with Crippen molar-refractivity contribution >= 4 is 12.0 Å². The number of rotatable bonds is 5. The van der Waals surface area contributed by atoms with E-state index in [0.717, 1.165) is 43.5 Å². The van der Waals surface area contributed by atoms with Crippen molar-refractivity contribution in [2.75, 3.05) is 6.54 Å². The molecule has 2 amide bonds. The Morgan fingerprint density at radius 1 is 1.13 bits per heavy atom. The highest BCUT2D eigenvalue weighted by atomic mass is 16.6. The molecule has 2 N–H and O–H groups in total. The number of aromatic nitrogens is 2. The summed E-state index contributed by atoms with van der Waals surface area (Å²) in [5.41, 5.74) is 1.16. The Labute approximate surface area is 178 Å². The maximum Gasteiger partial charge on any atom is 0.408 e. The largest absolute Gasteiger partial charge is 0.444 e. The van der Waals surface area contributed by atoms with E-state index in [2.05, 4.69) is 15.7 Å². The fourth-order valence-corrected chi connectivity index (χ4v) is 3.90. The molecule has 0 bridgehead atoms. The number of amides is 2. The molecule has 1 aromatic heterocycles. The van der Waals surface area contributed by atoms with Crippen LogP contribution in [0.2, 0.25) is 0 Å². The first-order chi connectivity index (χ1) is 14.2. The Balaban J connectivity index is 1.69. The minimum atomic E-state index is -0.563. The fraction of sp³-hybridized carbons (Fsp3) is 0.522. The van der Waals surface area contributed by atoms with Crippen LogP contribution in [-0.2, 0) is 4.74 Å². The van der Waals surface area contributed by atoms with E-state index in [0.29, 0.717) is 12.1 Å². The van der Waals surface area contributed by atoms with Gasteiger partial charge in [0.2, 0.25) is 0 Å². The predicted molar refractivity (Wildman–Crippen MR) is 116 cm³/mol. The maximum absolute atomic E-state index is 12.9. The molecule has 1 aromatic carbocycles. The van der Waals surface area contributed by atoms with Gasteiger partial charge in [0.15, 0.2) is 0 Å². The molecule has 1 saturated carbocycles. The third-order valence-electron chi connectivity index (χ3n) is 5.42. The number of hydrogen-bond acceptors (Lipinski definition) is 4. The van der Waals surface area contributed by atoms with Crippen molar-refractivity contribution in [3.05, 3.63) is 47.8 Å². The quantitative estimate of drug-likeness (QED) is 0.773. The lowest BCUT2D eigenvalue weighted by molar-refractivity contribution is 0.0419.